The van der Waals surface area contributed by atoms with Crippen LogP contribution >= 0.6 is 0 Å². The fourth-order valence-corrected chi connectivity index (χ4v) is 4.99. The number of piperidine rings is 1. The third-order valence-electron chi connectivity index (χ3n) is 6.83. The van der Waals surface area contributed by atoms with Gasteiger partial charge in [-0.05, 0) is 50.4 Å². The van der Waals surface area contributed by atoms with E-state index in [1.54, 1.807) is 0 Å². The van der Waals surface area contributed by atoms with E-state index in [1.807, 2.05) is 0 Å². The summed E-state index contributed by atoms with van der Waals surface area (Å²) >= 11 is 0. The number of para-hydroxylation sites is 1. The second-order valence-electron chi connectivity index (χ2n) is 8.42. The van der Waals surface area contributed by atoms with Crippen LogP contribution in [-0.2, 0) is 19.0 Å². The molecule has 0 radical (unpaired) electrons. The number of nitrogens with one attached hydrogen (secondary N) is 1. The maximum atomic E-state index is 5.93. The zero-order chi connectivity index (χ0) is 17.7. The molecule has 3 aliphatic rings. The number of nitrogens with zero attached hydrogens (tertiary/aromatic N) is 4. The molecule has 5 rings (SSSR count). The zero-order valence-electron chi connectivity index (χ0n) is 15.5. The highest BCUT2D eigenvalue weighted by Crippen LogP contribution is 2.44. The van der Waals surface area contributed by atoms with Crippen molar-refractivity contribution in [2.75, 3.05) is 25.0 Å². The Balaban J connectivity index is 1.25. The van der Waals surface area contributed by atoms with Crippen LogP contribution in [0.1, 0.15) is 48.8 Å². The molecule has 26 heavy (non-hydrogen) atoms. The molecule has 2 aliphatic heterocycles. The molecule has 6 heteroatoms. The predicted octanol–water partition coefficient (Wildman–Crippen LogP) is 1.98. The van der Waals surface area contributed by atoms with Gasteiger partial charge in [0.25, 0.3) is 0 Å². The second-order valence-corrected chi connectivity index (χ2v) is 8.42. The van der Waals surface area contributed by atoms with Crippen molar-refractivity contribution >= 4 is 5.69 Å². The number of hydrogen-bond acceptors (Lipinski definition) is 5. The molecule has 0 amide bonds. The summed E-state index contributed by atoms with van der Waals surface area (Å²) in [6, 6.07) is 9.17. The summed E-state index contributed by atoms with van der Waals surface area (Å²) < 4.78 is 2.20. The smallest absolute Gasteiger partial charge is 0.146 e. The maximum absolute atomic E-state index is 5.93. The summed E-state index contributed by atoms with van der Waals surface area (Å²) in [6.07, 6.45) is 4.51. The Bertz CT molecular complexity index is 798. The summed E-state index contributed by atoms with van der Waals surface area (Å²) in [5.74, 6) is 2.70. The van der Waals surface area contributed by atoms with Crippen LogP contribution in [0.2, 0.25) is 0 Å². The van der Waals surface area contributed by atoms with Crippen molar-refractivity contribution < 1.29 is 0 Å². The maximum Gasteiger partial charge on any atom is 0.146 e. The standard InChI is InChI=1S/C20H28N6/c1-25-18(23-24-19(25)14-10-15(21)11-14)12-26-8-6-20(7-9-26)13-22-17-5-3-2-4-16(17)20/h2-5,14-15,22H,6-13,21H2,1H3. The van der Waals surface area contributed by atoms with Crippen LogP contribution in [-0.4, -0.2) is 45.3 Å². The van der Waals surface area contributed by atoms with Crippen LogP contribution in [0, 0.1) is 0 Å². The number of rotatable bonds is 3. The second kappa shape index (κ2) is 6.06. The number of nitrogens with two attached hydrogens (primary N) is 1. The van der Waals surface area contributed by atoms with Gasteiger partial charge in [0.1, 0.15) is 11.6 Å². The Morgan fingerprint density at radius 1 is 1.19 bits per heavy atom. The average Bonchev–Trinajstić information content (AvgIpc) is 3.17. The van der Waals surface area contributed by atoms with Crippen molar-refractivity contribution in [3.05, 3.63) is 41.5 Å². The van der Waals surface area contributed by atoms with Crippen LogP contribution in [0.25, 0.3) is 0 Å². The number of hydrogen-bond donors (Lipinski definition) is 2. The molecule has 6 nitrogen and oxygen atoms in total. The van der Waals surface area contributed by atoms with Crippen molar-refractivity contribution in [2.24, 2.45) is 12.8 Å². The van der Waals surface area contributed by atoms with E-state index in [0.717, 1.165) is 50.7 Å². The van der Waals surface area contributed by atoms with Crippen molar-refractivity contribution in [3.8, 4) is 0 Å². The van der Waals surface area contributed by atoms with E-state index in [4.69, 9.17) is 5.73 Å². The van der Waals surface area contributed by atoms with Crippen LogP contribution in [0.15, 0.2) is 24.3 Å². The highest BCUT2D eigenvalue weighted by atomic mass is 15.3. The molecular formula is C20H28N6. The minimum absolute atomic E-state index is 0.320. The summed E-state index contributed by atoms with van der Waals surface area (Å²) in [5, 5.41) is 12.6. The van der Waals surface area contributed by atoms with E-state index in [2.05, 4.69) is 56.3 Å². The molecule has 3 heterocycles. The fourth-order valence-electron chi connectivity index (χ4n) is 4.99. The van der Waals surface area contributed by atoms with E-state index in [1.165, 1.54) is 24.1 Å². The largest absolute Gasteiger partial charge is 0.384 e. The molecule has 0 bridgehead atoms. The molecule has 2 fully saturated rings. The van der Waals surface area contributed by atoms with Gasteiger partial charge in [0.05, 0.1) is 6.54 Å². The summed E-state index contributed by atoms with van der Waals surface area (Å²) in [5.41, 5.74) is 9.10. The number of likely N-dealkylation sites (tertiary alicyclic amines) is 1. The third-order valence-corrected chi connectivity index (χ3v) is 6.83. The summed E-state index contributed by atoms with van der Waals surface area (Å²) in [7, 11) is 2.11. The molecule has 0 unspecified atom stereocenters. The first-order chi connectivity index (χ1) is 12.6. The number of anilines is 1. The van der Waals surface area contributed by atoms with Crippen LogP contribution in [0.5, 0.6) is 0 Å². The van der Waals surface area contributed by atoms with Gasteiger partial charge < -0.3 is 15.6 Å². The molecule has 2 aromatic rings. The van der Waals surface area contributed by atoms with E-state index >= 15 is 0 Å². The highest BCUT2D eigenvalue weighted by molar-refractivity contribution is 5.60. The van der Waals surface area contributed by atoms with Gasteiger partial charge in [0.2, 0.25) is 0 Å². The van der Waals surface area contributed by atoms with Crippen LogP contribution in [0.4, 0.5) is 5.69 Å². The molecule has 138 valence electrons. The van der Waals surface area contributed by atoms with Gasteiger partial charge in [0, 0.05) is 36.7 Å². The third kappa shape index (κ3) is 2.55. The van der Waals surface area contributed by atoms with Crippen molar-refractivity contribution in [1.29, 1.82) is 0 Å². The van der Waals surface area contributed by atoms with Gasteiger partial charge in [-0.15, -0.1) is 10.2 Å². The molecule has 1 saturated heterocycles. The quantitative estimate of drug-likeness (QED) is 0.884. The molecule has 1 aromatic heterocycles. The van der Waals surface area contributed by atoms with Crippen molar-refractivity contribution in [1.82, 2.24) is 19.7 Å². The number of aromatic nitrogens is 3. The monoisotopic (exact) mass is 352 g/mol. The molecule has 1 saturated carbocycles. The van der Waals surface area contributed by atoms with Gasteiger partial charge in [-0.2, -0.15) is 0 Å². The van der Waals surface area contributed by atoms with Gasteiger partial charge >= 0.3 is 0 Å². The molecule has 0 atom stereocenters. The lowest BCUT2D eigenvalue weighted by Crippen LogP contribution is -2.43. The van der Waals surface area contributed by atoms with Gasteiger partial charge in [-0.25, -0.2) is 0 Å². The first kappa shape index (κ1) is 16.3. The van der Waals surface area contributed by atoms with Crippen molar-refractivity contribution in [3.63, 3.8) is 0 Å². The Morgan fingerprint density at radius 2 is 1.96 bits per heavy atom. The Labute approximate surface area is 154 Å². The Hall–Kier alpha value is -1.92. The van der Waals surface area contributed by atoms with E-state index in [0.29, 0.717) is 17.4 Å². The van der Waals surface area contributed by atoms with Crippen LogP contribution < -0.4 is 11.1 Å². The lowest BCUT2D eigenvalue weighted by Gasteiger charge is -2.39. The van der Waals surface area contributed by atoms with Crippen LogP contribution in [0.3, 0.4) is 0 Å². The van der Waals surface area contributed by atoms with Gasteiger partial charge in [0.15, 0.2) is 0 Å². The summed E-state index contributed by atoms with van der Waals surface area (Å²) in [6.45, 7) is 4.21. The van der Waals surface area contributed by atoms with Crippen molar-refractivity contribution in [2.45, 2.75) is 49.6 Å². The lowest BCUT2D eigenvalue weighted by atomic mass is 9.74. The molecular weight excluding hydrogens is 324 g/mol. The number of benzene rings is 1. The molecule has 1 spiro atoms. The minimum atomic E-state index is 0.320. The first-order valence-corrected chi connectivity index (χ1v) is 9.84. The Morgan fingerprint density at radius 3 is 2.73 bits per heavy atom. The van der Waals surface area contributed by atoms with Gasteiger partial charge in [-0.3, -0.25) is 4.90 Å². The normalized spacial score (nSPS) is 27.2. The van der Waals surface area contributed by atoms with E-state index < -0.39 is 0 Å². The average molecular weight is 352 g/mol. The SMILES string of the molecule is Cn1c(CN2CCC3(CC2)CNc2ccccc23)nnc1C1CC(N)C1. The molecule has 1 aliphatic carbocycles. The van der Waals surface area contributed by atoms with E-state index in [9.17, 15) is 0 Å². The predicted molar refractivity (Wildman–Crippen MR) is 102 cm³/mol. The fraction of sp³-hybridized carbons (Fsp3) is 0.600. The van der Waals surface area contributed by atoms with Gasteiger partial charge in [-0.1, -0.05) is 18.2 Å². The first-order valence-electron chi connectivity index (χ1n) is 9.84. The Kier molecular flexibility index (Phi) is 3.79. The topological polar surface area (TPSA) is 72.0 Å². The lowest BCUT2D eigenvalue weighted by molar-refractivity contribution is 0.157. The minimum Gasteiger partial charge on any atom is -0.384 e. The van der Waals surface area contributed by atoms with E-state index in [-0.39, 0.29) is 0 Å². The molecule has 3 N–H and O–H groups in total. The summed E-state index contributed by atoms with van der Waals surface area (Å²) in [4.78, 5) is 2.53. The highest BCUT2D eigenvalue weighted by Gasteiger charge is 2.41. The molecule has 1 aromatic carbocycles. The zero-order valence-corrected chi connectivity index (χ0v) is 15.5. The number of fused-ring (bicyclic) bond motifs is 2.